The second kappa shape index (κ2) is 5.93. The van der Waals surface area contributed by atoms with Crippen LogP contribution >= 0.6 is 0 Å². The van der Waals surface area contributed by atoms with E-state index in [0.717, 1.165) is 31.6 Å². The van der Waals surface area contributed by atoms with Crippen molar-refractivity contribution in [1.82, 2.24) is 5.32 Å². The lowest BCUT2D eigenvalue weighted by atomic mass is 9.78. The van der Waals surface area contributed by atoms with E-state index >= 15 is 0 Å². The van der Waals surface area contributed by atoms with Gasteiger partial charge in [-0.05, 0) is 55.0 Å². The van der Waals surface area contributed by atoms with Crippen molar-refractivity contribution < 1.29 is 9.84 Å². The van der Waals surface area contributed by atoms with Gasteiger partial charge in [0.05, 0.1) is 13.7 Å². The van der Waals surface area contributed by atoms with Crippen molar-refractivity contribution in [2.75, 3.05) is 20.3 Å². The van der Waals surface area contributed by atoms with Crippen LogP contribution in [0.15, 0.2) is 18.2 Å². The molecule has 0 bridgehead atoms. The van der Waals surface area contributed by atoms with E-state index < -0.39 is 0 Å². The minimum absolute atomic E-state index is 0.163. The van der Waals surface area contributed by atoms with E-state index in [-0.39, 0.29) is 12.1 Å². The topological polar surface area (TPSA) is 41.5 Å². The van der Waals surface area contributed by atoms with E-state index in [2.05, 4.69) is 31.3 Å². The van der Waals surface area contributed by atoms with Crippen molar-refractivity contribution in [3.8, 4) is 5.75 Å². The quantitative estimate of drug-likeness (QED) is 0.855. The molecule has 0 heterocycles. The molecule has 0 amide bonds. The van der Waals surface area contributed by atoms with Crippen molar-refractivity contribution in [2.24, 2.45) is 5.92 Å². The van der Waals surface area contributed by atoms with E-state index in [9.17, 15) is 5.11 Å². The van der Waals surface area contributed by atoms with Crippen LogP contribution in [0, 0.1) is 5.92 Å². The van der Waals surface area contributed by atoms with E-state index in [1.807, 2.05) is 6.07 Å². The summed E-state index contributed by atoms with van der Waals surface area (Å²) >= 11 is 0. The minimum Gasteiger partial charge on any atom is -0.497 e. The van der Waals surface area contributed by atoms with Crippen LogP contribution in [0.2, 0.25) is 0 Å². The van der Waals surface area contributed by atoms with Crippen molar-refractivity contribution >= 4 is 0 Å². The number of aliphatic hydroxyl groups excluding tert-OH is 1. The van der Waals surface area contributed by atoms with Crippen LogP contribution in [0.3, 0.4) is 0 Å². The molecule has 2 rings (SSSR count). The van der Waals surface area contributed by atoms with Gasteiger partial charge >= 0.3 is 0 Å². The van der Waals surface area contributed by atoms with Crippen molar-refractivity contribution in [1.29, 1.82) is 0 Å². The Hall–Kier alpha value is -1.06. The molecule has 1 aliphatic rings. The van der Waals surface area contributed by atoms with Crippen molar-refractivity contribution in [2.45, 2.75) is 38.6 Å². The summed E-state index contributed by atoms with van der Waals surface area (Å²) in [7, 11) is 1.70. The minimum atomic E-state index is -0.163. The molecule has 2 N–H and O–H groups in total. The van der Waals surface area contributed by atoms with Crippen LogP contribution in [-0.4, -0.2) is 30.9 Å². The molecule has 0 aliphatic heterocycles. The summed E-state index contributed by atoms with van der Waals surface area (Å²) in [5.41, 5.74) is 2.52. The molecule has 0 saturated heterocycles. The Kier molecular flexibility index (Phi) is 4.48. The zero-order valence-corrected chi connectivity index (χ0v) is 12.2. The molecular weight excluding hydrogens is 238 g/mol. The summed E-state index contributed by atoms with van der Waals surface area (Å²) in [6.45, 7) is 5.52. The molecule has 106 valence electrons. The lowest BCUT2D eigenvalue weighted by Crippen LogP contribution is -2.53. The fraction of sp³-hybridized carbons (Fsp3) is 0.625. The maximum atomic E-state index is 9.81. The summed E-state index contributed by atoms with van der Waals surface area (Å²) in [5.74, 6) is 1.49. The highest BCUT2D eigenvalue weighted by Crippen LogP contribution is 2.31. The van der Waals surface area contributed by atoms with Gasteiger partial charge in [0.1, 0.15) is 5.75 Å². The standard InChI is InChI=1S/C16H25NO2/c1-12(2)10-17-16(11-18)7-6-13-4-5-15(19-3)8-14(13)9-16/h4-5,8,12,17-18H,6-7,9-11H2,1-3H3. The van der Waals surface area contributed by atoms with Gasteiger partial charge in [0.25, 0.3) is 0 Å². The fourth-order valence-electron chi connectivity index (χ4n) is 2.73. The van der Waals surface area contributed by atoms with Gasteiger partial charge in [-0.1, -0.05) is 19.9 Å². The van der Waals surface area contributed by atoms with Crippen LogP contribution in [0.5, 0.6) is 5.75 Å². The molecule has 1 aromatic carbocycles. The van der Waals surface area contributed by atoms with Gasteiger partial charge in [0, 0.05) is 5.54 Å². The number of hydrogen-bond acceptors (Lipinski definition) is 3. The van der Waals surface area contributed by atoms with E-state index in [4.69, 9.17) is 4.74 Å². The Morgan fingerprint density at radius 2 is 2.16 bits per heavy atom. The van der Waals surface area contributed by atoms with Crippen LogP contribution in [0.4, 0.5) is 0 Å². The van der Waals surface area contributed by atoms with E-state index in [1.54, 1.807) is 7.11 Å². The van der Waals surface area contributed by atoms with Gasteiger partial charge in [0.15, 0.2) is 0 Å². The van der Waals surface area contributed by atoms with Gasteiger partial charge in [-0.2, -0.15) is 0 Å². The number of fused-ring (bicyclic) bond motifs is 1. The van der Waals surface area contributed by atoms with E-state index in [1.165, 1.54) is 11.1 Å². The maximum absolute atomic E-state index is 9.81. The average Bonchev–Trinajstić information content (AvgIpc) is 2.44. The molecule has 19 heavy (non-hydrogen) atoms. The first-order valence-electron chi connectivity index (χ1n) is 7.10. The third kappa shape index (κ3) is 3.28. The second-order valence-electron chi connectivity index (χ2n) is 6.02. The average molecular weight is 263 g/mol. The second-order valence-corrected chi connectivity index (χ2v) is 6.02. The monoisotopic (exact) mass is 263 g/mol. The Bertz CT molecular complexity index is 431. The maximum Gasteiger partial charge on any atom is 0.119 e. The highest BCUT2D eigenvalue weighted by molar-refractivity contribution is 5.39. The van der Waals surface area contributed by atoms with E-state index in [0.29, 0.717) is 5.92 Å². The molecule has 1 aliphatic carbocycles. The molecule has 1 atom stereocenters. The van der Waals surface area contributed by atoms with Crippen LogP contribution in [0.1, 0.15) is 31.4 Å². The molecule has 3 nitrogen and oxygen atoms in total. The number of ether oxygens (including phenoxy) is 1. The molecule has 0 saturated carbocycles. The van der Waals surface area contributed by atoms with Gasteiger partial charge in [-0.15, -0.1) is 0 Å². The molecule has 0 spiro atoms. The Morgan fingerprint density at radius 1 is 1.37 bits per heavy atom. The number of rotatable bonds is 5. The Labute approximate surface area is 116 Å². The fourth-order valence-corrected chi connectivity index (χ4v) is 2.73. The molecule has 1 aromatic rings. The zero-order chi connectivity index (χ0) is 13.9. The Morgan fingerprint density at radius 3 is 2.79 bits per heavy atom. The third-order valence-corrected chi connectivity index (χ3v) is 4.00. The molecule has 1 unspecified atom stereocenters. The van der Waals surface area contributed by atoms with Gasteiger partial charge in [0.2, 0.25) is 0 Å². The number of nitrogens with one attached hydrogen (secondary N) is 1. The van der Waals surface area contributed by atoms with Crippen molar-refractivity contribution in [3.05, 3.63) is 29.3 Å². The van der Waals surface area contributed by atoms with Crippen LogP contribution < -0.4 is 10.1 Å². The third-order valence-electron chi connectivity index (χ3n) is 4.00. The van der Waals surface area contributed by atoms with Gasteiger partial charge in [-0.3, -0.25) is 0 Å². The van der Waals surface area contributed by atoms with Crippen molar-refractivity contribution in [3.63, 3.8) is 0 Å². The first-order valence-corrected chi connectivity index (χ1v) is 7.10. The lowest BCUT2D eigenvalue weighted by molar-refractivity contribution is 0.141. The normalized spacial score (nSPS) is 22.4. The number of hydrogen-bond donors (Lipinski definition) is 2. The van der Waals surface area contributed by atoms with Gasteiger partial charge in [-0.25, -0.2) is 0 Å². The molecule has 0 aromatic heterocycles. The predicted octanol–water partition coefficient (Wildman–Crippen LogP) is 2.16. The number of aliphatic hydroxyl groups is 1. The highest BCUT2D eigenvalue weighted by Gasteiger charge is 2.33. The number of benzene rings is 1. The molecule has 3 heteroatoms. The molecule has 0 radical (unpaired) electrons. The SMILES string of the molecule is COc1ccc2c(c1)CC(CO)(NCC(C)C)CC2. The summed E-state index contributed by atoms with van der Waals surface area (Å²) in [6.07, 6.45) is 2.89. The zero-order valence-electron chi connectivity index (χ0n) is 12.2. The summed E-state index contributed by atoms with van der Waals surface area (Å²) in [6, 6.07) is 6.28. The Balaban J connectivity index is 2.17. The summed E-state index contributed by atoms with van der Waals surface area (Å²) < 4.78 is 5.30. The summed E-state index contributed by atoms with van der Waals surface area (Å²) in [4.78, 5) is 0. The van der Waals surface area contributed by atoms with Gasteiger partial charge < -0.3 is 15.2 Å². The highest BCUT2D eigenvalue weighted by atomic mass is 16.5. The number of aryl methyl sites for hydroxylation is 1. The molecular formula is C16H25NO2. The smallest absolute Gasteiger partial charge is 0.119 e. The first-order chi connectivity index (χ1) is 9.08. The van der Waals surface area contributed by atoms with Crippen LogP contribution in [-0.2, 0) is 12.8 Å². The lowest BCUT2D eigenvalue weighted by Gasteiger charge is -2.38. The largest absolute Gasteiger partial charge is 0.497 e. The molecule has 0 fully saturated rings. The van der Waals surface area contributed by atoms with Crippen LogP contribution in [0.25, 0.3) is 0 Å². The number of methoxy groups -OCH3 is 1. The predicted molar refractivity (Wildman–Crippen MR) is 77.7 cm³/mol. The first kappa shape index (κ1) is 14.4. The summed E-state index contributed by atoms with van der Waals surface area (Å²) in [5, 5.41) is 13.4.